The molecule has 32 heavy (non-hydrogen) atoms. The van der Waals surface area contributed by atoms with Crippen LogP contribution in [0.5, 0.6) is 11.5 Å². The topological polar surface area (TPSA) is 59.9 Å². The first-order chi connectivity index (χ1) is 15.3. The highest BCUT2D eigenvalue weighted by molar-refractivity contribution is 14.1. The predicted molar refractivity (Wildman–Crippen MR) is 139 cm³/mol. The Balaban J connectivity index is 1.70. The lowest BCUT2D eigenvalue weighted by Crippen LogP contribution is -2.20. The van der Waals surface area contributed by atoms with E-state index in [1.807, 2.05) is 44.2 Å². The number of hydrogen-bond acceptors (Lipinski definition) is 4. The van der Waals surface area contributed by atoms with Gasteiger partial charge in [-0.3, -0.25) is 9.79 Å². The van der Waals surface area contributed by atoms with Gasteiger partial charge in [0.1, 0.15) is 0 Å². The number of halogens is 3. The molecule has 0 aliphatic heterocycles. The second-order valence-corrected chi connectivity index (χ2v) is 9.00. The quantitative estimate of drug-likeness (QED) is 0.241. The Kier molecular flexibility index (Phi) is 8.39. The number of anilines is 1. The van der Waals surface area contributed by atoms with E-state index >= 15 is 0 Å². The largest absolute Gasteiger partial charge is 0.493 e. The fourth-order valence-corrected chi connectivity index (χ4v) is 3.91. The number of ether oxygens (including phenoxy) is 2. The number of hydrogen-bond donors (Lipinski definition) is 1. The third kappa shape index (κ3) is 6.37. The first kappa shape index (κ1) is 24.4. The Labute approximate surface area is 210 Å². The summed E-state index contributed by atoms with van der Waals surface area (Å²) in [5.74, 6) is 0.692. The second kappa shape index (κ2) is 11.0. The molecule has 1 N–H and O–H groups in total. The Morgan fingerprint density at radius 3 is 2.41 bits per heavy atom. The highest BCUT2D eigenvalue weighted by atomic mass is 127. The van der Waals surface area contributed by atoms with E-state index in [0.717, 1.165) is 25.9 Å². The molecule has 0 heterocycles. The standard InChI is InChI=1S/C24H21Cl2IN2O3/c1-14-4-6-17(10-19(14)25)28-12-16-8-21(27)24(22(9-16)31-3)32-13-23(30)29-18-7-5-15(2)20(26)11-18/h4-12H,13H2,1-3H3,(H,29,30). The first-order valence-corrected chi connectivity index (χ1v) is 11.5. The van der Waals surface area contributed by atoms with Crippen LogP contribution in [0.2, 0.25) is 10.0 Å². The Bertz CT molecular complexity index is 1180. The smallest absolute Gasteiger partial charge is 0.262 e. The number of rotatable bonds is 7. The number of carbonyl (C=O) groups excluding carboxylic acids is 1. The normalized spacial score (nSPS) is 10.9. The van der Waals surface area contributed by atoms with E-state index in [0.29, 0.717) is 27.2 Å². The lowest BCUT2D eigenvalue weighted by atomic mass is 10.2. The van der Waals surface area contributed by atoms with Crippen molar-refractivity contribution in [3.8, 4) is 11.5 Å². The zero-order chi connectivity index (χ0) is 23.3. The van der Waals surface area contributed by atoms with Crippen LogP contribution in [0.4, 0.5) is 11.4 Å². The van der Waals surface area contributed by atoms with Gasteiger partial charge in [-0.15, -0.1) is 0 Å². The van der Waals surface area contributed by atoms with Crippen LogP contribution in [0.3, 0.4) is 0 Å². The summed E-state index contributed by atoms with van der Waals surface area (Å²) in [6, 6.07) is 14.7. The van der Waals surface area contributed by atoms with Crippen molar-refractivity contribution in [1.29, 1.82) is 0 Å². The molecule has 0 fully saturated rings. The summed E-state index contributed by atoms with van der Waals surface area (Å²) in [5, 5.41) is 4.03. The minimum atomic E-state index is -0.301. The van der Waals surface area contributed by atoms with Crippen LogP contribution in [0.15, 0.2) is 53.5 Å². The molecule has 5 nitrogen and oxygen atoms in total. The molecule has 0 unspecified atom stereocenters. The van der Waals surface area contributed by atoms with Crippen molar-refractivity contribution in [2.75, 3.05) is 19.0 Å². The highest BCUT2D eigenvalue weighted by Gasteiger charge is 2.13. The molecule has 0 aromatic heterocycles. The van der Waals surface area contributed by atoms with Gasteiger partial charge in [0.2, 0.25) is 0 Å². The average molecular weight is 583 g/mol. The van der Waals surface area contributed by atoms with Gasteiger partial charge in [0.05, 0.1) is 16.4 Å². The SMILES string of the molecule is COc1cc(C=Nc2ccc(C)c(Cl)c2)cc(I)c1OCC(=O)Nc1ccc(C)c(Cl)c1. The molecule has 0 aliphatic rings. The Hall–Kier alpha value is -2.29. The van der Waals surface area contributed by atoms with Crippen LogP contribution in [-0.4, -0.2) is 25.8 Å². The van der Waals surface area contributed by atoms with Crippen molar-refractivity contribution < 1.29 is 14.3 Å². The lowest BCUT2D eigenvalue weighted by Gasteiger charge is -2.14. The van der Waals surface area contributed by atoms with Gasteiger partial charge >= 0.3 is 0 Å². The fourth-order valence-electron chi connectivity index (χ4n) is 2.77. The summed E-state index contributed by atoms with van der Waals surface area (Å²) in [6.45, 7) is 3.67. The fraction of sp³-hybridized carbons (Fsp3) is 0.167. The maximum absolute atomic E-state index is 12.3. The van der Waals surface area contributed by atoms with E-state index in [-0.39, 0.29) is 12.5 Å². The van der Waals surface area contributed by atoms with E-state index in [4.69, 9.17) is 32.7 Å². The number of amides is 1. The Morgan fingerprint density at radius 2 is 1.75 bits per heavy atom. The molecule has 1 amide bonds. The van der Waals surface area contributed by atoms with E-state index in [9.17, 15) is 4.79 Å². The molecule has 0 spiro atoms. The minimum absolute atomic E-state index is 0.173. The summed E-state index contributed by atoms with van der Waals surface area (Å²) < 4.78 is 12.0. The van der Waals surface area contributed by atoms with Crippen molar-refractivity contribution in [3.63, 3.8) is 0 Å². The van der Waals surface area contributed by atoms with E-state index < -0.39 is 0 Å². The van der Waals surface area contributed by atoms with Gasteiger partial charge in [-0.25, -0.2) is 0 Å². The third-order valence-electron chi connectivity index (χ3n) is 4.57. The van der Waals surface area contributed by atoms with Gasteiger partial charge in [0.15, 0.2) is 18.1 Å². The number of benzene rings is 3. The molecular weight excluding hydrogens is 562 g/mol. The zero-order valence-corrected chi connectivity index (χ0v) is 21.4. The number of methoxy groups -OCH3 is 1. The van der Waals surface area contributed by atoms with E-state index in [1.54, 1.807) is 31.5 Å². The van der Waals surface area contributed by atoms with Crippen LogP contribution in [0, 0.1) is 17.4 Å². The number of aliphatic imine (C=N–C) groups is 1. The number of nitrogens with zero attached hydrogens (tertiary/aromatic N) is 1. The molecule has 0 bridgehead atoms. The van der Waals surface area contributed by atoms with Gasteiger partial charge in [-0.2, -0.15) is 0 Å². The molecule has 0 atom stereocenters. The van der Waals surface area contributed by atoms with Gasteiger partial charge in [0.25, 0.3) is 5.91 Å². The number of nitrogens with one attached hydrogen (secondary N) is 1. The van der Waals surface area contributed by atoms with Crippen molar-refractivity contribution in [2.24, 2.45) is 4.99 Å². The summed E-state index contributed by atoms with van der Waals surface area (Å²) >= 11 is 14.4. The molecule has 0 saturated carbocycles. The van der Waals surface area contributed by atoms with Crippen molar-refractivity contribution in [3.05, 3.63) is 78.8 Å². The number of aryl methyl sites for hydroxylation is 2. The molecule has 0 saturated heterocycles. The summed E-state index contributed by atoms with van der Waals surface area (Å²) in [6.07, 6.45) is 1.73. The molecule has 3 aromatic carbocycles. The molecule has 0 aliphatic carbocycles. The average Bonchev–Trinajstić information content (AvgIpc) is 2.76. The molecule has 3 rings (SSSR count). The van der Waals surface area contributed by atoms with E-state index in [2.05, 4.69) is 32.9 Å². The maximum Gasteiger partial charge on any atom is 0.262 e. The molecule has 166 valence electrons. The lowest BCUT2D eigenvalue weighted by molar-refractivity contribution is -0.118. The monoisotopic (exact) mass is 582 g/mol. The predicted octanol–water partition coefficient (Wildman–Crippen LogP) is 6.99. The highest BCUT2D eigenvalue weighted by Crippen LogP contribution is 2.34. The zero-order valence-electron chi connectivity index (χ0n) is 17.7. The van der Waals surface area contributed by atoms with Gasteiger partial charge in [-0.05, 0) is 89.5 Å². The minimum Gasteiger partial charge on any atom is -0.493 e. The molecule has 3 aromatic rings. The van der Waals surface area contributed by atoms with Crippen molar-refractivity contribution in [2.45, 2.75) is 13.8 Å². The van der Waals surface area contributed by atoms with Crippen molar-refractivity contribution >= 4 is 69.3 Å². The van der Waals surface area contributed by atoms with Crippen molar-refractivity contribution in [1.82, 2.24) is 0 Å². The molecular formula is C24H21Cl2IN2O3. The van der Waals surface area contributed by atoms with Gasteiger partial charge in [0, 0.05) is 21.9 Å². The molecule has 8 heteroatoms. The first-order valence-electron chi connectivity index (χ1n) is 9.63. The van der Waals surface area contributed by atoms with Crippen LogP contribution in [-0.2, 0) is 4.79 Å². The van der Waals surface area contributed by atoms with Crippen LogP contribution in [0.25, 0.3) is 0 Å². The molecule has 0 radical (unpaired) electrons. The third-order valence-corrected chi connectivity index (χ3v) is 6.19. The summed E-state index contributed by atoms with van der Waals surface area (Å²) in [7, 11) is 1.55. The van der Waals surface area contributed by atoms with Crippen LogP contribution in [0.1, 0.15) is 16.7 Å². The maximum atomic E-state index is 12.3. The summed E-state index contributed by atoms with van der Waals surface area (Å²) in [4.78, 5) is 16.8. The van der Waals surface area contributed by atoms with Crippen LogP contribution < -0.4 is 14.8 Å². The second-order valence-electron chi connectivity index (χ2n) is 7.03. The Morgan fingerprint density at radius 1 is 1.06 bits per heavy atom. The van der Waals surface area contributed by atoms with Crippen LogP contribution >= 0.6 is 45.8 Å². The van der Waals surface area contributed by atoms with Gasteiger partial charge < -0.3 is 14.8 Å². The van der Waals surface area contributed by atoms with Gasteiger partial charge in [-0.1, -0.05) is 35.3 Å². The van der Waals surface area contributed by atoms with E-state index in [1.165, 1.54) is 0 Å². The summed E-state index contributed by atoms with van der Waals surface area (Å²) in [5.41, 5.74) is 4.13. The number of carbonyl (C=O) groups is 1.